The van der Waals surface area contributed by atoms with Crippen molar-refractivity contribution in [1.29, 1.82) is 0 Å². The van der Waals surface area contributed by atoms with Gasteiger partial charge in [0.15, 0.2) is 0 Å². The largest absolute Gasteiger partial charge is 0.487 e. The lowest BCUT2D eigenvalue weighted by atomic mass is 10.2. The Labute approximate surface area is 116 Å². The molecule has 0 amide bonds. The second-order valence-corrected chi connectivity index (χ2v) is 4.56. The Balaban J connectivity index is 2.14. The summed E-state index contributed by atoms with van der Waals surface area (Å²) < 4.78 is 19.2. The van der Waals surface area contributed by atoms with Crippen molar-refractivity contribution >= 4 is 11.6 Å². The minimum Gasteiger partial charge on any atom is -0.487 e. The van der Waals surface area contributed by atoms with Gasteiger partial charge in [-0.25, -0.2) is 4.39 Å². The van der Waals surface area contributed by atoms with E-state index in [1.807, 2.05) is 13.0 Å². The standard InChI is InChI=1S/C14H14ClFN2O/c1-9-2-5-14(13(7-17)18-9)19-8-10-3-4-11(15)6-12(10)16/h2-6H,7-8,17H2,1H3. The number of rotatable bonds is 4. The average molecular weight is 281 g/mol. The van der Waals surface area contributed by atoms with Gasteiger partial charge in [0.25, 0.3) is 0 Å². The molecular formula is C14H14ClFN2O. The van der Waals surface area contributed by atoms with Crippen LogP contribution in [0.1, 0.15) is 17.0 Å². The molecule has 0 spiro atoms. The number of aryl methyl sites for hydroxylation is 1. The highest BCUT2D eigenvalue weighted by Gasteiger charge is 2.07. The smallest absolute Gasteiger partial charge is 0.142 e. The van der Waals surface area contributed by atoms with E-state index in [4.69, 9.17) is 22.1 Å². The zero-order valence-corrected chi connectivity index (χ0v) is 11.2. The van der Waals surface area contributed by atoms with Crippen LogP contribution in [0.15, 0.2) is 30.3 Å². The molecule has 0 fully saturated rings. The zero-order chi connectivity index (χ0) is 13.8. The molecule has 0 aliphatic rings. The highest BCUT2D eigenvalue weighted by atomic mass is 35.5. The number of pyridine rings is 1. The molecule has 2 rings (SSSR count). The van der Waals surface area contributed by atoms with E-state index in [-0.39, 0.29) is 19.0 Å². The summed E-state index contributed by atoms with van der Waals surface area (Å²) in [6, 6.07) is 8.10. The molecule has 1 heterocycles. The molecule has 100 valence electrons. The molecule has 1 aromatic carbocycles. The highest BCUT2D eigenvalue weighted by Crippen LogP contribution is 2.20. The number of hydrogen-bond acceptors (Lipinski definition) is 3. The number of nitrogens with two attached hydrogens (primary N) is 1. The van der Waals surface area contributed by atoms with Gasteiger partial charge in [0, 0.05) is 22.8 Å². The SMILES string of the molecule is Cc1ccc(OCc2ccc(Cl)cc2F)c(CN)n1. The van der Waals surface area contributed by atoms with Gasteiger partial charge in [0.1, 0.15) is 18.2 Å². The van der Waals surface area contributed by atoms with Gasteiger partial charge in [0.05, 0.1) is 5.69 Å². The zero-order valence-electron chi connectivity index (χ0n) is 10.5. The topological polar surface area (TPSA) is 48.1 Å². The van der Waals surface area contributed by atoms with E-state index in [9.17, 15) is 4.39 Å². The van der Waals surface area contributed by atoms with Crippen molar-refractivity contribution in [1.82, 2.24) is 4.98 Å². The summed E-state index contributed by atoms with van der Waals surface area (Å²) in [5.41, 5.74) is 7.57. The lowest BCUT2D eigenvalue weighted by Crippen LogP contribution is -2.06. The van der Waals surface area contributed by atoms with E-state index in [0.29, 0.717) is 22.0 Å². The van der Waals surface area contributed by atoms with Gasteiger partial charge in [0.2, 0.25) is 0 Å². The Kier molecular flexibility index (Phi) is 4.35. The van der Waals surface area contributed by atoms with Crippen molar-refractivity contribution in [3.63, 3.8) is 0 Å². The summed E-state index contributed by atoms with van der Waals surface area (Å²) in [6.07, 6.45) is 0. The van der Waals surface area contributed by atoms with E-state index in [2.05, 4.69) is 4.98 Å². The third-order valence-corrected chi connectivity index (χ3v) is 2.90. The third kappa shape index (κ3) is 3.43. The summed E-state index contributed by atoms with van der Waals surface area (Å²) in [5.74, 6) is 0.185. The number of nitrogens with zero attached hydrogens (tertiary/aromatic N) is 1. The Morgan fingerprint density at radius 1 is 1.32 bits per heavy atom. The molecule has 0 aliphatic carbocycles. The van der Waals surface area contributed by atoms with Crippen LogP contribution in [0.5, 0.6) is 5.75 Å². The molecule has 0 radical (unpaired) electrons. The van der Waals surface area contributed by atoms with Crippen molar-refractivity contribution in [3.05, 3.63) is 58.1 Å². The van der Waals surface area contributed by atoms with Gasteiger partial charge >= 0.3 is 0 Å². The van der Waals surface area contributed by atoms with Gasteiger partial charge in [-0.05, 0) is 31.2 Å². The summed E-state index contributed by atoms with van der Waals surface area (Å²) in [6.45, 7) is 2.27. The van der Waals surface area contributed by atoms with Crippen molar-refractivity contribution in [2.75, 3.05) is 0 Å². The molecule has 2 N–H and O–H groups in total. The fourth-order valence-corrected chi connectivity index (χ4v) is 1.83. The maximum atomic E-state index is 13.6. The summed E-state index contributed by atoms with van der Waals surface area (Å²) >= 11 is 5.69. The van der Waals surface area contributed by atoms with E-state index in [1.165, 1.54) is 6.07 Å². The van der Waals surface area contributed by atoms with Crippen LogP contribution in [0, 0.1) is 12.7 Å². The maximum absolute atomic E-state index is 13.6. The lowest BCUT2D eigenvalue weighted by molar-refractivity contribution is 0.295. The van der Waals surface area contributed by atoms with Crippen LogP contribution in [0.4, 0.5) is 4.39 Å². The number of halogens is 2. The molecule has 0 bridgehead atoms. The fourth-order valence-electron chi connectivity index (χ4n) is 1.67. The van der Waals surface area contributed by atoms with Gasteiger partial charge in [-0.15, -0.1) is 0 Å². The van der Waals surface area contributed by atoms with Gasteiger partial charge in [-0.3, -0.25) is 4.98 Å². The van der Waals surface area contributed by atoms with E-state index in [0.717, 1.165) is 5.69 Å². The highest BCUT2D eigenvalue weighted by molar-refractivity contribution is 6.30. The van der Waals surface area contributed by atoms with Crippen LogP contribution in [0.2, 0.25) is 5.02 Å². The molecule has 0 saturated carbocycles. The molecule has 19 heavy (non-hydrogen) atoms. The summed E-state index contributed by atoms with van der Waals surface area (Å²) in [7, 11) is 0. The second kappa shape index (κ2) is 5.99. The second-order valence-electron chi connectivity index (χ2n) is 4.13. The van der Waals surface area contributed by atoms with Crippen LogP contribution in [0.3, 0.4) is 0 Å². The first-order valence-corrected chi connectivity index (χ1v) is 6.21. The Bertz CT molecular complexity index is 590. The van der Waals surface area contributed by atoms with Crippen LogP contribution < -0.4 is 10.5 Å². The molecule has 0 atom stereocenters. The lowest BCUT2D eigenvalue weighted by Gasteiger charge is -2.11. The Morgan fingerprint density at radius 2 is 2.11 bits per heavy atom. The number of hydrogen-bond donors (Lipinski definition) is 1. The third-order valence-electron chi connectivity index (χ3n) is 2.66. The van der Waals surface area contributed by atoms with E-state index < -0.39 is 0 Å². The molecule has 0 saturated heterocycles. The number of ether oxygens (including phenoxy) is 1. The molecule has 3 nitrogen and oxygen atoms in total. The van der Waals surface area contributed by atoms with Crippen LogP contribution in [0.25, 0.3) is 0 Å². The monoisotopic (exact) mass is 280 g/mol. The summed E-state index contributed by atoms with van der Waals surface area (Å²) in [5, 5.41) is 0.362. The molecule has 0 aliphatic heterocycles. The van der Waals surface area contributed by atoms with Crippen molar-refractivity contribution in [3.8, 4) is 5.75 Å². The van der Waals surface area contributed by atoms with Crippen LogP contribution >= 0.6 is 11.6 Å². The molecule has 5 heteroatoms. The predicted octanol–water partition coefficient (Wildman–Crippen LogP) is 3.22. The fraction of sp³-hybridized carbons (Fsp3) is 0.214. The van der Waals surface area contributed by atoms with Crippen LogP contribution in [-0.2, 0) is 13.2 Å². The minimum absolute atomic E-state index is 0.112. The quantitative estimate of drug-likeness (QED) is 0.935. The minimum atomic E-state index is -0.387. The number of aromatic nitrogens is 1. The normalized spacial score (nSPS) is 10.5. The Morgan fingerprint density at radius 3 is 2.79 bits per heavy atom. The summed E-state index contributed by atoms with van der Waals surface area (Å²) in [4.78, 5) is 4.28. The number of benzene rings is 1. The first-order valence-electron chi connectivity index (χ1n) is 5.83. The maximum Gasteiger partial charge on any atom is 0.142 e. The van der Waals surface area contributed by atoms with E-state index in [1.54, 1.807) is 18.2 Å². The van der Waals surface area contributed by atoms with Crippen molar-refractivity contribution in [2.45, 2.75) is 20.1 Å². The molecule has 1 aromatic heterocycles. The van der Waals surface area contributed by atoms with Crippen molar-refractivity contribution < 1.29 is 9.13 Å². The first-order chi connectivity index (χ1) is 9.10. The predicted molar refractivity (Wildman–Crippen MR) is 72.6 cm³/mol. The molecular weight excluding hydrogens is 267 g/mol. The van der Waals surface area contributed by atoms with E-state index >= 15 is 0 Å². The van der Waals surface area contributed by atoms with Crippen LogP contribution in [-0.4, -0.2) is 4.98 Å². The van der Waals surface area contributed by atoms with Gasteiger partial charge in [-0.2, -0.15) is 0 Å². The van der Waals surface area contributed by atoms with Gasteiger partial charge in [-0.1, -0.05) is 17.7 Å². The van der Waals surface area contributed by atoms with Gasteiger partial charge < -0.3 is 10.5 Å². The molecule has 0 unspecified atom stereocenters. The Hall–Kier alpha value is -1.65. The first kappa shape index (κ1) is 13.8. The average Bonchev–Trinajstić information content (AvgIpc) is 2.39. The molecule has 2 aromatic rings. The van der Waals surface area contributed by atoms with Crippen molar-refractivity contribution in [2.24, 2.45) is 5.73 Å².